The molecule has 1 aliphatic carbocycles. The van der Waals surface area contributed by atoms with Gasteiger partial charge in [-0.1, -0.05) is 42.5 Å². The molecule has 2 N–H and O–H groups in total. The number of hydrogen-bond acceptors (Lipinski definition) is 2. The molecule has 2 aromatic rings. The van der Waals surface area contributed by atoms with Crippen molar-refractivity contribution >= 4 is 5.91 Å². The molecule has 0 heterocycles. The first-order chi connectivity index (χ1) is 11.3. The summed E-state index contributed by atoms with van der Waals surface area (Å²) in [6.45, 7) is 0.456. The van der Waals surface area contributed by atoms with Gasteiger partial charge in [-0.2, -0.15) is 0 Å². The molecule has 0 atom stereocenters. The van der Waals surface area contributed by atoms with Crippen LogP contribution in [0.5, 0.6) is 0 Å². The number of carbonyl (C=O) groups is 1. The number of benzene rings is 2. The van der Waals surface area contributed by atoms with Gasteiger partial charge in [0.25, 0.3) is 0 Å². The van der Waals surface area contributed by atoms with E-state index in [1.165, 1.54) is 30.4 Å². The summed E-state index contributed by atoms with van der Waals surface area (Å²) in [5.41, 5.74) is 5.76. The van der Waals surface area contributed by atoms with Gasteiger partial charge in [-0.05, 0) is 53.5 Å². The maximum Gasteiger partial charge on any atom is 0.224 e. The molecule has 0 fully saturated rings. The molecule has 3 rings (SSSR count). The molecule has 0 saturated carbocycles. The van der Waals surface area contributed by atoms with E-state index >= 15 is 0 Å². The fourth-order valence-electron chi connectivity index (χ4n) is 3.22. The number of aliphatic hydroxyl groups excluding tert-OH is 1. The maximum atomic E-state index is 12.2. The van der Waals surface area contributed by atoms with Gasteiger partial charge in [-0.25, -0.2) is 0 Å². The monoisotopic (exact) mass is 309 g/mol. The van der Waals surface area contributed by atoms with Gasteiger partial charge in [0, 0.05) is 6.54 Å². The van der Waals surface area contributed by atoms with Gasteiger partial charge >= 0.3 is 0 Å². The molecular formula is C20H23NO2. The first-order valence-corrected chi connectivity index (χ1v) is 8.31. The van der Waals surface area contributed by atoms with E-state index in [9.17, 15) is 9.90 Å². The van der Waals surface area contributed by atoms with Crippen LogP contribution in [0.4, 0.5) is 0 Å². The van der Waals surface area contributed by atoms with E-state index in [-0.39, 0.29) is 12.5 Å². The van der Waals surface area contributed by atoms with E-state index in [1.54, 1.807) is 0 Å². The molecule has 2 aromatic carbocycles. The van der Waals surface area contributed by atoms with Crippen molar-refractivity contribution in [2.45, 2.75) is 45.3 Å². The predicted molar refractivity (Wildman–Crippen MR) is 91.0 cm³/mol. The number of aryl methyl sites for hydroxylation is 2. The summed E-state index contributed by atoms with van der Waals surface area (Å²) in [5, 5.41) is 12.3. The Balaban J connectivity index is 1.59. The quantitative estimate of drug-likeness (QED) is 0.892. The Morgan fingerprint density at radius 3 is 2.52 bits per heavy atom. The van der Waals surface area contributed by atoms with Crippen molar-refractivity contribution in [3.05, 3.63) is 70.3 Å². The Labute approximate surface area is 137 Å². The average molecular weight is 309 g/mol. The number of nitrogens with one attached hydrogen (secondary N) is 1. The minimum absolute atomic E-state index is 0.00311. The van der Waals surface area contributed by atoms with Crippen LogP contribution in [-0.2, 0) is 37.2 Å². The Morgan fingerprint density at radius 1 is 1.00 bits per heavy atom. The number of aliphatic hydroxyl groups is 1. The third-order valence-electron chi connectivity index (χ3n) is 4.54. The second-order valence-electron chi connectivity index (χ2n) is 6.19. The van der Waals surface area contributed by atoms with Crippen molar-refractivity contribution in [3.8, 4) is 0 Å². The molecule has 1 amide bonds. The third kappa shape index (κ3) is 3.99. The van der Waals surface area contributed by atoms with E-state index in [4.69, 9.17) is 0 Å². The molecular weight excluding hydrogens is 286 g/mol. The second-order valence-corrected chi connectivity index (χ2v) is 6.19. The standard InChI is InChI=1S/C20H23NO2/c22-14-19-8-4-3-7-18(19)13-21-20(23)12-15-9-10-16-5-1-2-6-17(16)11-15/h3-4,7-11,22H,1-2,5-6,12-14H2,(H,21,23). The van der Waals surface area contributed by atoms with Crippen molar-refractivity contribution in [1.29, 1.82) is 0 Å². The van der Waals surface area contributed by atoms with Crippen LogP contribution in [0.2, 0.25) is 0 Å². The van der Waals surface area contributed by atoms with Gasteiger partial charge in [0.2, 0.25) is 5.91 Å². The molecule has 0 aromatic heterocycles. The van der Waals surface area contributed by atoms with E-state index in [0.717, 1.165) is 23.1 Å². The van der Waals surface area contributed by atoms with Crippen molar-refractivity contribution in [2.75, 3.05) is 0 Å². The van der Waals surface area contributed by atoms with Crippen LogP contribution in [0.1, 0.15) is 40.7 Å². The highest BCUT2D eigenvalue weighted by Crippen LogP contribution is 2.22. The summed E-state index contributed by atoms with van der Waals surface area (Å²) in [7, 11) is 0. The van der Waals surface area contributed by atoms with E-state index < -0.39 is 0 Å². The summed E-state index contributed by atoms with van der Waals surface area (Å²) in [6.07, 6.45) is 5.24. The van der Waals surface area contributed by atoms with Gasteiger partial charge < -0.3 is 10.4 Å². The molecule has 0 saturated heterocycles. The minimum Gasteiger partial charge on any atom is -0.392 e. The van der Waals surface area contributed by atoms with Gasteiger partial charge in [-0.3, -0.25) is 4.79 Å². The summed E-state index contributed by atoms with van der Waals surface area (Å²) in [5.74, 6) is 0.0218. The predicted octanol–water partition coefficient (Wildman–Crippen LogP) is 2.92. The van der Waals surface area contributed by atoms with Crippen molar-refractivity contribution in [2.24, 2.45) is 0 Å². The highest BCUT2D eigenvalue weighted by molar-refractivity contribution is 5.78. The lowest BCUT2D eigenvalue weighted by Crippen LogP contribution is -2.25. The molecule has 0 bridgehead atoms. The minimum atomic E-state index is -0.00311. The molecule has 3 heteroatoms. The van der Waals surface area contributed by atoms with E-state index in [2.05, 4.69) is 23.5 Å². The smallest absolute Gasteiger partial charge is 0.224 e. The van der Waals surface area contributed by atoms with Crippen LogP contribution < -0.4 is 5.32 Å². The summed E-state index contributed by atoms with van der Waals surface area (Å²) in [4.78, 5) is 12.2. The van der Waals surface area contributed by atoms with Crippen LogP contribution in [0, 0.1) is 0 Å². The number of rotatable bonds is 5. The van der Waals surface area contributed by atoms with Gasteiger partial charge in [-0.15, -0.1) is 0 Å². The fourth-order valence-corrected chi connectivity index (χ4v) is 3.22. The molecule has 23 heavy (non-hydrogen) atoms. The zero-order valence-electron chi connectivity index (χ0n) is 13.3. The van der Waals surface area contributed by atoms with Crippen LogP contribution in [-0.4, -0.2) is 11.0 Å². The Bertz CT molecular complexity index is 694. The van der Waals surface area contributed by atoms with E-state index in [0.29, 0.717) is 13.0 Å². The zero-order valence-corrected chi connectivity index (χ0v) is 13.3. The first-order valence-electron chi connectivity index (χ1n) is 8.31. The Kier molecular flexibility index (Phi) is 5.09. The lowest BCUT2D eigenvalue weighted by atomic mass is 9.90. The van der Waals surface area contributed by atoms with Crippen LogP contribution in [0.15, 0.2) is 42.5 Å². The zero-order chi connectivity index (χ0) is 16.1. The molecule has 120 valence electrons. The largest absolute Gasteiger partial charge is 0.392 e. The Morgan fingerprint density at radius 2 is 1.74 bits per heavy atom. The normalized spacial score (nSPS) is 13.4. The highest BCUT2D eigenvalue weighted by atomic mass is 16.3. The number of amides is 1. The lowest BCUT2D eigenvalue weighted by Gasteiger charge is -2.16. The van der Waals surface area contributed by atoms with Crippen LogP contribution in [0.25, 0.3) is 0 Å². The van der Waals surface area contributed by atoms with Crippen molar-refractivity contribution in [1.82, 2.24) is 5.32 Å². The van der Waals surface area contributed by atoms with E-state index in [1.807, 2.05) is 24.3 Å². The van der Waals surface area contributed by atoms with Crippen molar-refractivity contribution < 1.29 is 9.90 Å². The number of hydrogen-bond donors (Lipinski definition) is 2. The SMILES string of the molecule is O=C(Cc1ccc2c(c1)CCCC2)NCc1ccccc1CO. The molecule has 0 spiro atoms. The van der Waals surface area contributed by atoms with Crippen LogP contribution in [0.3, 0.4) is 0 Å². The third-order valence-corrected chi connectivity index (χ3v) is 4.54. The average Bonchev–Trinajstić information content (AvgIpc) is 2.60. The second kappa shape index (κ2) is 7.42. The first kappa shape index (κ1) is 15.8. The molecule has 1 aliphatic rings. The number of fused-ring (bicyclic) bond motifs is 1. The molecule has 3 nitrogen and oxygen atoms in total. The van der Waals surface area contributed by atoms with Gasteiger partial charge in [0.1, 0.15) is 0 Å². The van der Waals surface area contributed by atoms with Gasteiger partial charge in [0.05, 0.1) is 13.0 Å². The maximum absolute atomic E-state index is 12.2. The summed E-state index contributed by atoms with van der Waals surface area (Å²) in [6, 6.07) is 14.1. The van der Waals surface area contributed by atoms with Gasteiger partial charge in [0.15, 0.2) is 0 Å². The lowest BCUT2D eigenvalue weighted by molar-refractivity contribution is -0.120. The topological polar surface area (TPSA) is 49.3 Å². The number of carbonyl (C=O) groups excluding carboxylic acids is 1. The van der Waals surface area contributed by atoms with Crippen LogP contribution >= 0.6 is 0 Å². The molecule has 0 radical (unpaired) electrons. The highest BCUT2D eigenvalue weighted by Gasteiger charge is 2.11. The molecule has 0 aliphatic heterocycles. The fraction of sp³-hybridized carbons (Fsp3) is 0.350. The Hall–Kier alpha value is -2.13. The van der Waals surface area contributed by atoms with Crippen molar-refractivity contribution in [3.63, 3.8) is 0 Å². The summed E-state index contributed by atoms with van der Waals surface area (Å²) >= 11 is 0. The molecule has 0 unspecified atom stereocenters. The summed E-state index contributed by atoms with van der Waals surface area (Å²) < 4.78 is 0.